The van der Waals surface area contributed by atoms with Gasteiger partial charge in [-0.1, -0.05) is 6.07 Å². The molecule has 0 bridgehead atoms. The Hall–Kier alpha value is -2.80. The zero-order valence-electron chi connectivity index (χ0n) is 15.6. The number of esters is 1. The summed E-state index contributed by atoms with van der Waals surface area (Å²) in [5, 5.41) is 3.38. The average Bonchev–Trinajstić information content (AvgIpc) is 3.20. The largest absolute Gasteiger partial charge is 0.493 e. The molecule has 1 fully saturated rings. The number of hydrogen-bond donors (Lipinski definition) is 1. The third-order valence-electron chi connectivity index (χ3n) is 5.24. The van der Waals surface area contributed by atoms with Crippen LogP contribution >= 0.6 is 0 Å². The smallest absolute Gasteiger partial charge is 0.340 e. The average molecular weight is 387 g/mol. The Morgan fingerprint density at radius 2 is 2.07 bits per heavy atom. The van der Waals surface area contributed by atoms with Crippen LogP contribution in [0.15, 0.2) is 36.4 Å². The quantitative estimate of drug-likeness (QED) is 0.796. The van der Waals surface area contributed by atoms with E-state index in [1.807, 2.05) is 18.2 Å². The number of carbonyl (C=O) groups is 1. The van der Waals surface area contributed by atoms with Crippen molar-refractivity contribution in [2.75, 3.05) is 33.6 Å². The molecule has 2 aromatic rings. The van der Waals surface area contributed by atoms with Crippen LogP contribution in [0.3, 0.4) is 0 Å². The van der Waals surface area contributed by atoms with Crippen LogP contribution in [-0.4, -0.2) is 39.6 Å². The van der Waals surface area contributed by atoms with Gasteiger partial charge in [0, 0.05) is 18.5 Å². The lowest BCUT2D eigenvalue weighted by atomic mass is 9.81. The van der Waals surface area contributed by atoms with Crippen LogP contribution < -0.4 is 19.5 Å². The highest BCUT2D eigenvalue weighted by atomic mass is 19.1. The molecule has 0 spiro atoms. The van der Waals surface area contributed by atoms with Crippen molar-refractivity contribution in [3.05, 3.63) is 53.3 Å². The Morgan fingerprint density at radius 3 is 2.93 bits per heavy atom. The molecule has 1 N–H and O–H groups in total. The van der Waals surface area contributed by atoms with E-state index < -0.39 is 11.8 Å². The highest BCUT2D eigenvalue weighted by Crippen LogP contribution is 2.36. The Morgan fingerprint density at radius 1 is 1.21 bits per heavy atom. The van der Waals surface area contributed by atoms with Gasteiger partial charge in [0.15, 0.2) is 11.5 Å². The van der Waals surface area contributed by atoms with Crippen molar-refractivity contribution in [2.45, 2.75) is 12.3 Å². The van der Waals surface area contributed by atoms with Gasteiger partial charge in [0.05, 0.1) is 19.3 Å². The van der Waals surface area contributed by atoms with Crippen molar-refractivity contribution in [1.29, 1.82) is 0 Å². The molecule has 2 aliphatic rings. The molecule has 28 heavy (non-hydrogen) atoms. The minimum absolute atomic E-state index is 0.0334. The number of halogens is 1. The summed E-state index contributed by atoms with van der Waals surface area (Å²) < 4.78 is 35.4. The van der Waals surface area contributed by atoms with Crippen molar-refractivity contribution in [3.63, 3.8) is 0 Å². The highest BCUT2D eigenvalue weighted by Gasteiger charge is 2.28. The van der Waals surface area contributed by atoms with Gasteiger partial charge in [0.1, 0.15) is 11.6 Å². The summed E-state index contributed by atoms with van der Waals surface area (Å²) >= 11 is 0. The van der Waals surface area contributed by atoms with E-state index in [2.05, 4.69) is 5.32 Å². The number of rotatable bonds is 5. The highest BCUT2D eigenvalue weighted by molar-refractivity contribution is 5.89. The van der Waals surface area contributed by atoms with E-state index >= 15 is 0 Å². The fourth-order valence-corrected chi connectivity index (χ4v) is 3.75. The van der Waals surface area contributed by atoms with Crippen molar-refractivity contribution >= 4 is 5.97 Å². The predicted octanol–water partition coefficient (Wildman–Crippen LogP) is 3.11. The molecule has 0 radical (unpaired) electrons. The molecule has 0 amide bonds. The summed E-state index contributed by atoms with van der Waals surface area (Å²) in [5.74, 6) is 1.19. The zero-order chi connectivity index (χ0) is 19.5. The zero-order valence-corrected chi connectivity index (χ0v) is 15.6. The Labute approximate surface area is 162 Å². The molecule has 4 rings (SSSR count). The Balaban J connectivity index is 1.49. The van der Waals surface area contributed by atoms with Gasteiger partial charge in [-0.25, -0.2) is 9.18 Å². The van der Waals surface area contributed by atoms with Crippen molar-refractivity contribution < 1.29 is 28.1 Å². The second-order valence-corrected chi connectivity index (χ2v) is 6.92. The fourth-order valence-electron chi connectivity index (χ4n) is 3.75. The lowest BCUT2D eigenvalue weighted by Gasteiger charge is -2.32. The maximum atomic E-state index is 14.0. The van der Waals surface area contributed by atoms with Crippen LogP contribution in [0.4, 0.5) is 4.39 Å². The van der Waals surface area contributed by atoms with Crippen LogP contribution in [0.2, 0.25) is 0 Å². The molecule has 2 aliphatic heterocycles. The molecule has 0 aromatic heterocycles. The molecule has 0 saturated carbocycles. The minimum Gasteiger partial charge on any atom is -0.493 e. The maximum absolute atomic E-state index is 14.0. The van der Waals surface area contributed by atoms with Crippen LogP contribution in [-0.2, 0) is 4.74 Å². The summed E-state index contributed by atoms with van der Waals surface area (Å²) in [6.07, 6.45) is 0.876. The fraction of sp³-hybridized carbons (Fsp3) is 0.381. The van der Waals surface area contributed by atoms with Crippen molar-refractivity contribution in [1.82, 2.24) is 5.32 Å². The number of nitrogens with one attached hydrogen (secondary N) is 1. The number of fused-ring (bicyclic) bond motifs is 1. The maximum Gasteiger partial charge on any atom is 0.340 e. The first-order chi connectivity index (χ1) is 13.7. The molecular weight excluding hydrogens is 365 g/mol. The van der Waals surface area contributed by atoms with Gasteiger partial charge < -0.3 is 24.3 Å². The standard InChI is InChI=1S/C21H22FNO5/c1-25-21(24)17-8-13(2-4-18(17)22)16-6-7-23-10-14(16)11-26-15-3-5-19-20(9-15)28-12-27-19/h2-5,8-9,14,16,23H,6-7,10-12H2,1H3. The van der Waals surface area contributed by atoms with Crippen LogP contribution in [0.5, 0.6) is 17.2 Å². The van der Waals surface area contributed by atoms with Gasteiger partial charge in [-0.05, 0) is 48.7 Å². The third kappa shape index (κ3) is 3.75. The Kier molecular flexibility index (Phi) is 5.34. The number of methoxy groups -OCH3 is 1. The van der Waals surface area contributed by atoms with Crippen LogP contribution in [0.1, 0.15) is 28.3 Å². The topological polar surface area (TPSA) is 66.0 Å². The second kappa shape index (κ2) is 8.06. The number of carbonyl (C=O) groups excluding carboxylic acids is 1. The molecule has 2 atom stereocenters. The van der Waals surface area contributed by atoms with E-state index in [0.29, 0.717) is 23.9 Å². The molecule has 1 saturated heterocycles. The van der Waals surface area contributed by atoms with Crippen molar-refractivity contribution in [2.24, 2.45) is 5.92 Å². The van der Waals surface area contributed by atoms with Gasteiger partial charge in [-0.3, -0.25) is 0 Å². The van der Waals surface area contributed by atoms with Gasteiger partial charge in [-0.2, -0.15) is 0 Å². The molecule has 2 aromatic carbocycles. The van der Waals surface area contributed by atoms with Crippen LogP contribution in [0, 0.1) is 11.7 Å². The van der Waals surface area contributed by atoms with Gasteiger partial charge in [0.2, 0.25) is 6.79 Å². The van der Waals surface area contributed by atoms with Gasteiger partial charge in [0.25, 0.3) is 0 Å². The molecule has 7 heteroatoms. The summed E-state index contributed by atoms with van der Waals surface area (Å²) in [4.78, 5) is 11.8. The van der Waals surface area contributed by atoms with E-state index in [9.17, 15) is 9.18 Å². The number of hydrogen-bond acceptors (Lipinski definition) is 6. The second-order valence-electron chi connectivity index (χ2n) is 6.92. The Bertz CT molecular complexity index is 872. The first kappa shape index (κ1) is 18.6. The van der Waals surface area contributed by atoms with E-state index in [1.165, 1.54) is 13.2 Å². The van der Waals surface area contributed by atoms with E-state index in [-0.39, 0.29) is 24.2 Å². The third-order valence-corrected chi connectivity index (χ3v) is 5.24. The first-order valence-electron chi connectivity index (χ1n) is 9.26. The number of piperidine rings is 1. The summed E-state index contributed by atoms with van der Waals surface area (Å²) in [6.45, 7) is 2.35. The van der Waals surface area contributed by atoms with Crippen molar-refractivity contribution in [3.8, 4) is 17.2 Å². The molecule has 2 heterocycles. The monoisotopic (exact) mass is 387 g/mol. The molecule has 148 valence electrons. The summed E-state index contributed by atoms with van der Waals surface area (Å²) in [6, 6.07) is 10.2. The van der Waals surface area contributed by atoms with E-state index in [4.69, 9.17) is 18.9 Å². The lowest BCUT2D eigenvalue weighted by Crippen LogP contribution is -2.38. The van der Waals surface area contributed by atoms with E-state index in [0.717, 1.165) is 25.1 Å². The molecular formula is C21H22FNO5. The summed E-state index contributed by atoms with van der Waals surface area (Å²) in [7, 11) is 1.25. The minimum atomic E-state index is -0.665. The molecule has 6 nitrogen and oxygen atoms in total. The molecule has 2 unspecified atom stereocenters. The summed E-state index contributed by atoms with van der Waals surface area (Å²) in [5.41, 5.74) is 0.886. The predicted molar refractivity (Wildman–Crippen MR) is 99.5 cm³/mol. The number of ether oxygens (including phenoxy) is 4. The SMILES string of the molecule is COC(=O)c1cc(C2CCNCC2COc2ccc3c(c2)OCO3)ccc1F. The van der Waals surface area contributed by atoms with Gasteiger partial charge >= 0.3 is 5.97 Å². The number of benzene rings is 2. The first-order valence-corrected chi connectivity index (χ1v) is 9.26. The molecule has 0 aliphatic carbocycles. The lowest BCUT2D eigenvalue weighted by molar-refractivity contribution is 0.0595. The van der Waals surface area contributed by atoms with E-state index in [1.54, 1.807) is 12.1 Å². The normalized spacial score (nSPS) is 20.6. The van der Waals surface area contributed by atoms with Gasteiger partial charge in [-0.15, -0.1) is 0 Å². The van der Waals surface area contributed by atoms with Crippen LogP contribution in [0.25, 0.3) is 0 Å².